The fraction of sp³-hybridized carbons (Fsp3) is 0.160. The summed E-state index contributed by atoms with van der Waals surface area (Å²) in [4.78, 5) is 14.7. The minimum Gasteiger partial charge on any atom is -0.497 e. The highest BCUT2D eigenvalue weighted by atomic mass is 32.2. The fourth-order valence-corrected chi connectivity index (χ4v) is 5.54. The maximum atomic E-state index is 13.1. The van der Waals surface area contributed by atoms with Crippen LogP contribution in [0, 0.1) is 5.82 Å². The summed E-state index contributed by atoms with van der Waals surface area (Å²) < 4.78 is 47.5. The Hall–Kier alpha value is -3.87. The van der Waals surface area contributed by atoms with Crippen LogP contribution in [-0.2, 0) is 10.0 Å². The zero-order chi connectivity index (χ0) is 25.8. The normalized spacial score (nSPS) is 11.6. The van der Waals surface area contributed by atoms with Gasteiger partial charge in [-0.05, 0) is 61.0 Å². The molecule has 0 saturated carbocycles. The Morgan fingerprint density at radius 3 is 2.57 bits per heavy atom. The molecule has 0 radical (unpaired) electrons. The largest absolute Gasteiger partial charge is 0.497 e. The molecule has 0 aliphatic carbocycles. The van der Waals surface area contributed by atoms with E-state index in [0.717, 1.165) is 39.8 Å². The van der Waals surface area contributed by atoms with Gasteiger partial charge in [-0.1, -0.05) is 0 Å². The van der Waals surface area contributed by atoms with Crippen molar-refractivity contribution in [3.05, 3.63) is 78.2 Å². The number of anilines is 1. The van der Waals surface area contributed by atoms with Gasteiger partial charge in [0, 0.05) is 36.4 Å². The molecule has 0 amide bonds. The molecule has 0 bridgehead atoms. The first-order valence-electron chi connectivity index (χ1n) is 11.4. The smallest absolute Gasteiger partial charge is 0.240 e. The van der Waals surface area contributed by atoms with Gasteiger partial charge in [-0.15, -0.1) is 11.3 Å². The molecule has 0 fully saturated rings. The van der Waals surface area contributed by atoms with Crippen LogP contribution in [0.2, 0.25) is 0 Å². The molecule has 2 N–H and O–H groups in total. The third-order valence-electron chi connectivity index (χ3n) is 5.58. The van der Waals surface area contributed by atoms with E-state index in [4.69, 9.17) is 9.72 Å². The molecule has 2 aromatic carbocycles. The van der Waals surface area contributed by atoms with Gasteiger partial charge in [0.05, 0.1) is 23.4 Å². The van der Waals surface area contributed by atoms with Crippen molar-refractivity contribution in [2.24, 2.45) is 0 Å². The van der Waals surface area contributed by atoms with E-state index >= 15 is 0 Å². The second kappa shape index (κ2) is 10.6. The molecule has 3 heterocycles. The Labute approximate surface area is 217 Å². The second-order valence-electron chi connectivity index (χ2n) is 7.99. The van der Waals surface area contributed by atoms with E-state index < -0.39 is 15.8 Å². The first-order valence-corrected chi connectivity index (χ1v) is 13.7. The van der Waals surface area contributed by atoms with E-state index in [1.54, 1.807) is 13.3 Å². The Balaban J connectivity index is 1.28. The first kappa shape index (κ1) is 24.8. The molecule has 0 unspecified atom stereocenters. The van der Waals surface area contributed by atoms with Crippen molar-refractivity contribution in [1.82, 2.24) is 24.1 Å². The van der Waals surface area contributed by atoms with Gasteiger partial charge in [-0.3, -0.25) is 4.40 Å². The van der Waals surface area contributed by atoms with E-state index in [2.05, 4.69) is 20.0 Å². The van der Waals surface area contributed by atoms with Gasteiger partial charge < -0.3 is 10.1 Å². The van der Waals surface area contributed by atoms with Gasteiger partial charge in [0.1, 0.15) is 17.3 Å². The molecule has 0 atom stereocenters. The Kier molecular flexibility index (Phi) is 7.12. The Morgan fingerprint density at radius 1 is 1.03 bits per heavy atom. The van der Waals surface area contributed by atoms with Crippen molar-refractivity contribution in [2.45, 2.75) is 11.3 Å². The van der Waals surface area contributed by atoms with Crippen LogP contribution in [0.5, 0.6) is 5.75 Å². The van der Waals surface area contributed by atoms with Crippen LogP contribution < -0.4 is 14.8 Å². The van der Waals surface area contributed by atoms with Crippen molar-refractivity contribution in [1.29, 1.82) is 0 Å². The topological polar surface area (TPSA) is 111 Å². The highest BCUT2D eigenvalue weighted by Gasteiger charge is 2.19. The predicted octanol–water partition coefficient (Wildman–Crippen LogP) is 4.45. The molecule has 9 nitrogen and oxygen atoms in total. The number of nitrogens with one attached hydrogen (secondary N) is 2. The number of halogens is 1. The number of imidazole rings is 1. The third kappa shape index (κ3) is 5.45. The number of aromatic nitrogens is 4. The fourth-order valence-electron chi connectivity index (χ4n) is 3.75. The third-order valence-corrected chi connectivity index (χ3v) is 7.81. The molecule has 0 saturated heterocycles. The van der Waals surface area contributed by atoms with E-state index in [-0.39, 0.29) is 11.4 Å². The standard InChI is InChI=1S/C25H23FN6O3S2/c1-35-19-7-3-17(4-8-19)22-23(32-15-16-36-25(32)31-22)21-11-14-28-24(30-21)27-12-2-13-29-37(33,34)20-9-5-18(26)6-10-20/h3-11,14-16,29H,2,12-13H2,1H3,(H,27,28,30). The molecule has 5 rings (SSSR count). The van der Waals surface area contributed by atoms with Crippen molar-refractivity contribution in [2.75, 3.05) is 25.5 Å². The summed E-state index contributed by atoms with van der Waals surface area (Å²) in [5.74, 6) is 0.696. The molecule has 3 aromatic heterocycles. The summed E-state index contributed by atoms with van der Waals surface area (Å²) in [6.45, 7) is 0.646. The summed E-state index contributed by atoms with van der Waals surface area (Å²) in [5, 5.41) is 5.12. The number of thiazole rings is 1. The lowest BCUT2D eigenvalue weighted by Gasteiger charge is -2.09. The van der Waals surface area contributed by atoms with Crippen molar-refractivity contribution in [3.63, 3.8) is 0 Å². The number of benzene rings is 2. The second-order valence-corrected chi connectivity index (χ2v) is 10.6. The van der Waals surface area contributed by atoms with Gasteiger partial charge in [0.25, 0.3) is 0 Å². The van der Waals surface area contributed by atoms with Crippen molar-refractivity contribution in [3.8, 4) is 28.4 Å². The molecule has 0 aliphatic heterocycles. The average Bonchev–Trinajstić information content (AvgIpc) is 3.50. The maximum Gasteiger partial charge on any atom is 0.240 e. The number of nitrogens with zero attached hydrogens (tertiary/aromatic N) is 4. The summed E-state index contributed by atoms with van der Waals surface area (Å²) in [6.07, 6.45) is 4.12. The molecule has 12 heteroatoms. The quantitative estimate of drug-likeness (QED) is 0.253. The number of hydrogen-bond donors (Lipinski definition) is 2. The molecule has 5 aromatic rings. The van der Waals surface area contributed by atoms with Crippen molar-refractivity contribution < 1.29 is 17.5 Å². The van der Waals surface area contributed by atoms with Crippen molar-refractivity contribution >= 4 is 32.3 Å². The average molecular weight is 539 g/mol. The maximum absolute atomic E-state index is 13.1. The molecule has 37 heavy (non-hydrogen) atoms. The summed E-state index contributed by atoms with van der Waals surface area (Å²) in [6, 6.07) is 14.2. The number of sulfonamides is 1. The molecule has 0 spiro atoms. The number of fused-ring (bicyclic) bond motifs is 1. The lowest BCUT2D eigenvalue weighted by atomic mass is 10.1. The van der Waals surface area contributed by atoms with Gasteiger partial charge in [0.2, 0.25) is 16.0 Å². The van der Waals surface area contributed by atoms with Crippen LogP contribution in [0.1, 0.15) is 6.42 Å². The summed E-state index contributed by atoms with van der Waals surface area (Å²) >= 11 is 1.54. The van der Waals surface area contributed by atoms with Crippen LogP contribution in [-0.4, -0.2) is 48.0 Å². The number of hydrogen-bond acceptors (Lipinski definition) is 8. The van der Waals surface area contributed by atoms with Crippen LogP contribution in [0.25, 0.3) is 27.6 Å². The predicted molar refractivity (Wildman–Crippen MR) is 141 cm³/mol. The first-order chi connectivity index (χ1) is 17.9. The van der Waals surface area contributed by atoms with E-state index in [9.17, 15) is 12.8 Å². The lowest BCUT2D eigenvalue weighted by Crippen LogP contribution is -2.26. The lowest BCUT2D eigenvalue weighted by molar-refractivity contribution is 0.415. The van der Waals surface area contributed by atoms with Gasteiger partial charge in [-0.2, -0.15) is 0 Å². The molecular weight excluding hydrogens is 515 g/mol. The highest BCUT2D eigenvalue weighted by molar-refractivity contribution is 7.89. The summed E-state index contributed by atoms with van der Waals surface area (Å²) in [7, 11) is -2.07. The van der Waals surface area contributed by atoms with Gasteiger partial charge in [0.15, 0.2) is 4.96 Å². The zero-order valence-electron chi connectivity index (χ0n) is 19.8. The van der Waals surface area contributed by atoms with Gasteiger partial charge >= 0.3 is 0 Å². The highest BCUT2D eigenvalue weighted by Crippen LogP contribution is 2.34. The number of methoxy groups -OCH3 is 1. The van der Waals surface area contributed by atoms with E-state index in [1.165, 1.54) is 23.5 Å². The number of rotatable bonds is 10. The summed E-state index contributed by atoms with van der Waals surface area (Å²) in [5.41, 5.74) is 3.28. The minimum atomic E-state index is -3.70. The SMILES string of the molecule is COc1ccc(-c2nc3sccn3c2-c2ccnc(NCCCNS(=O)(=O)c3ccc(F)cc3)n2)cc1. The Bertz CT molecular complexity index is 1620. The monoisotopic (exact) mass is 538 g/mol. The van der Waals surface area contributed by atoms with E-state index in [1.807, 2.05) is 46.3 Å². The van der Waals surface area contributed by atoms with Crippen LogP contribution in [0.4, 0.5) is 10.3 Å². The van der Waals surface area contributed by atoms with Gasteiger partial charge in [-0.25, -0.2) is 32.5 Å². The zero-order valence-corrected chi connectivity index (χ0v) is 21.4. The van der Waals surface area contributed by atoms with Crippen LogP contribution in [0.3, 0.4) is 0 Å². The number of ether oxygens (including phenoxy) is 1. The molecule has 190 valence electrons. The van der Waals surface area contributed by atoms with Crippen LogP contribution in [0.15, 0.2) is 77.3 Å². The van der Waals surface area contributed by atoms with Crippen LogP contribution >= 0.6 is 11.3 Å². The molecule has 0 aliphatic rings. The van der Waals surface area contributed by atoms with E-state index in [0.29, 0.717) is 24.6 Å². The minimum absolute atomic E-state index is 0.0195. The Morgan fingerprint density at radius 2 is 1.81 bits per heavy atom. The molecular formula is C25H23FN6O3S2.